The third-order valence-electron chi connectivity index (χ3n) is 3.77. The van der Waals surface area contributed by atoms with Crippen molar-refractivity contribution < 1.29 is 4.74 Å². The van der Waals surface area contributed by atoms with Crippen molar-refractivity contribution in [1.82, 2.24) is 10.6 Å². The van der Waals surface area contributed by atoms with E-state index in [1.807, 2.05) is 26.2 Å². The Kier molecular flexibility index (Phi) is 3.69. The maximum Gasteiger partial charge on any atom is 0.118 e. The van der Waals surface area contributed by atoms with E-state index < -0.39 is 0 Å². The minimum Gasteiger partial charge on any atom is -0.497 e. The molecule has 1 aromatic rings. The van der Waals surface area contributed by atoms with Crippen molar-refractivity contribution in [1.29, 1.82) is 0 Å². The van der Waals surface area contributed by atoms with Crippen LogP contribution >= 0.6 is 0 Å². The maximum absolute atomic E-state index is 5.20. The van der Waals surface area contributed by atoms with Crippen molar-refractivity contribution in [3.05, 3.63) is 29.8 Å². The van der Waals surface area contributed by atoms with Gasteiger partial charge in [-0.1, -0.05) is 12.1 Å². The van der Waals surface area contributed by atoms with Crippen LogP contribution in [-0.4, -0.2) is 27.7 Å². The van der Waals surface area contributed by atoms with E-state index in [0.29, 0.717) is 11.5 Å². The summed E-state index contributed by atoms with van der Waals surface area (Å²) in [6.07, 6.45) is 2.59. The normalized spacial score (nSPS) is 18.8. The Labute approximate surface area is 104 Å². The molecule has 0 aliphatic heterocycles. The molecule has 1 unspecified atom stereocenters. The van der Waals surface area contributed by atoms with E-state index in [0.717, 1.165) is 12.3 Å². The van der Waals surface area contributed by atoms with Crippen LogP contribution in [0.2, 0.25) is 0 Å². The molecule has 17 heavy (non-hydrogen) atoms. The maximum atomic E-state index is 5.20. The number of rotatable bonds is 6. The van der Waals surface area contributed by atoms with Gasteiger partial charge >= 0.3 is 0 Å². The number of ether oxygens (including phenoxy) is 1. The zero-order valence-electron chi connectivity index (χ0n) is 10.9. The van der Waals surface area contributed by atoms with E-state index >= 15 is 0 Å². The summed E-state index contributed by atoms with van der Waals surface area (Å²) in [5, 5.41) is 6.78. The van der Waals surface area contributed by atoms with Crippen LogP contribution in [0.4, 0.5) is 0 Å². The predicted octanol–water partition coefficient (Wildman–Crippen LogP) is 1.96. The van der Waals surface area contributed by atoms with E-state index in [1.54, 1.807) is 7.11 Å². The summed E-state index contributed by atoms with van der Waals surface area (Å²) in [6, 6.07) is 8.83. The number of hydrogen-bond donors (Lipinski definition) is 2. The van der Waals surface area contributed by atoms with Gasteiger partial charge in [0.05, 0.1) is 7.11 Å². The standard InChI is InChI=1S/C14H22N2O/c1-15-10-14(8-9-14)13(16-2)11-4-6-12(17-3)7-5-11/h4-7,13,15-16H,8-10H2,1-3H3. The summed E-state index contributed by atoms with van der Waals surface area (Å²) in [5.74, 6) is 0.919. The Balaban J connectivity index is 2.17. The summed E-state index contributed by atoms with van der Waals surface area (Å²) in [5.41, 5.74) is 1.75. The lowest BCUT2D eigenvalue weighted by Gasteiger charge is -2.27. The molecule has 3 heteroatoms. The molecule has 1 aromatic carbocycles. The highest BCUT2D eigenvalue weighted by atomic mass is 16.5. The molecule has 0 heterocycles. The Hall–Kier alpha value is -1.06. The molecule has 1 aliphatic rings. The monoisotopic (exact) mass is 234 g/mol. The first-order valence-corrected chi connectivity index (χ1v) is 6.21. The van der Waals surface area contributed by atoms with E-state index in [2.05, 4.69) is 22.8 Å². The summed E-state index contributed by atoms with van der Waals surface area (Å²) in [6.45, 7) is 1.07. The first-order chi connectivity index (χ1) is 8.25. The minimum atomic E-state index is 0.401. The Bertz CT molecular complexity index is 357. The SMILES string of the molecule is CNCC1(C(NC)c2ccc(OC)cc2)CC1. The van der Waals surface area contributed by atoms with Crippen LogP contribution < -0.4 is 15.4 Å². The molecule has 1 fully saturated rings. The van der Waals surface area contributed by atoms with E-state index in [4.69, 9.17) is 4.74 Å². The number of methoxy groups -OCH3 is 1. The van der Waals surface area contributed by atoms with Gasteiger partial charge in [0.15, 0.2) is 0 Å². The average Bonchev–Trinajstić information content (AvgIpc) is 3.12. The second-order valence-corrected chi connectivity index (χ2v) is 4.89. The van der Waals surface area contributed by atoms with Gasteiger partial charge in [-0.05, 0) is 44.6 Å². The fourth-order valence-corrected chi connectivity index (χ4v) is 2.70. The Morgan fingerprint density at radius 3 is 2.29 bits per heavy atom. The highest BCUT2D eigenvalue weighted by molar-refractivity contribution is 5.31. The summed E-state index contributed by atoms with van der Waals surface area (Å²) >= 11 is 0. The molecule has 2 N–H and O–H groups in total. The van der Waals surface area contributed by atoms with Crippen LogP contribution in [0.5, 0.6) is 5.75 Å². The fourth-order valence-electron chi connectivity index (χ4n) is 2.70. The van der Waals surface area contributed by atoms with Crippen molar-refractivity contribution in [2.75, 3.05) is 27.7 Å². The zero-order valence-corrected chi connectivity index (χ0v) is 10.9. The molecule has 94 valence electrons. The van der Waals surface area contributed by atoms with Gasteiger partial charge in [0.2, 0.25) is 0 Å². The molecular formula is C14H22N2O. The van der Waals surface area contributed by atoms with Crippen LogP contribution in [0, 0.1) is 5.41 Å². The predicted molar refractivity (Wildman–Crippen MR) is 70.4 cm³/mol. The van der Waals surface area contributed by atoms with Crippen LogP contribution in [-0.2, 0) is 0 Å². The zero-order chi connectivity index (χ0) is 12.3. The molecule has 0 amide bonds. The van der Waals surface area contributed by atoms with Gasteiger partial charge in [0, 0.05) is 18.0 Å². The van der Waals surface area contributed by atoms with Crippen molar-refractivity contribution in [2.45, 2.75) is 18.9 Å². The van der Waals surface area contributed by atoms with E-state index in [-0.39, 0.29) is 0 Å². The van der Waals surface area contributed by atoms with E-state index in [9.17, 15) is 0 Å². The Morgan fingerprint density at radius 1 is 1.24 bits per heavy atom. The molecular weight excluding hydrogens is 212 g/mol. The van der Waals surface area contributed by atoms with Gasteiger partial charge in [0.25, 0.3) is 0 Å². The lowest BCUT2D eigenvalue weighted by atomic mass is 9.90. The van der Waals surface area contributed by atoms with Gasteiger partial charge in [-0.2, -0.15) is 0 Å². The molecule has 0 aromatic heterocycles. The molecule has 1 saturated carbocycles. The summed E-state index contributed by atoms with van der Waals surface area (Å²) in [4.78, 5) is 0. The molecule has 0 bridgehead atoms. The second kappa shape index (κ2) is 5.07. The minimum absolute atomic E-state index is 0.401. The summed E-state index contributed by atoms with van der Waals surface area (Å²) < 4.78 is 5.20. The smallest absolute Gasteiger partial charge is 0.118 e. The van der Waals surface area contributed by atoms with Crippen molar-refractivity contribution in [3.8, 4) is 5.75 Å². The van der Waals surface area contributed by atoms with E-state index in [1.165, 1.54) is 18.4 Å². The van der Waals surface area contributed by atoms with Crippen molar-refractivity contribution >= 4 is 0 Å². The van der Waals surface area contributed by atoms with Crippen LogP contribution in [0.25, 0.3) is 0 Å². The highest BCUT2D eigenvalue weighted by Gasteiger charge is 2.48. The van der Waals surface area contributed by atoms with Crippen molar-refractivity contribution in [2.24, 2.45) is 5.41 Å². The number of nitrogens with one attached hydrogen (secondary N) is 2. The largest absolute Gasteiger partial charge is 0.497 e. The van der Waals surface area contributed by atoms with Gasteiger partial charge in [-0.15, -0.1) is 0 Å². The quantitative estimate of drug-likeness (QED) is 0.789. The fraction of sp³-hybridized carbons (Fsp3) is 0.571. The number of hydrogen-bond acceptors (Lipinski definition) is 3. The lowest BCUT2D eigenvalue weighted by Crippen LogP contribution is -2.33. The lowest BCUT2D eigenvalue weighted by molar-refractivity contribution is 0.346. The summed E-state index contributed by atoms with van der Waals surface area (Å²) in [7, 11) is 5.78. The molecule has 1 atom stereocenters. The first kappa shape index (κ1) is 12.4. The third-order valence-corrected chi connectivity index (χ3v) is 3.77. The molecule has 2 rings (SSSR count). The van der Waals surface area contributed by atoms with Gasteiger partial charge in [-0.3, -0.25) is 0 Å². The van der Waals surface area contributed by atoms with Crippen LogP contribution in [0.15, 0.2) is 24.3 Å². The Morgan fingerprint density at radius 2 is 1.88 bits per heavy atom. The van der Waals surface area contributed by atoms with Crippen LogP contribution in [0.1, 0.15) is 24.4 Å². The molecule has 0 saturated heterocycles. The molecule has 0 radical (unpaired) electrons. The van der Waals surface area contributed by atoms with Gasteiger partial charge in [-0.25, -0.2) is 0 Å². The topological polar surface area (TPSA) is 33.3 Å². The van der Waals surface area contributed by atoms with Crippen LogP contribution in [0.3, 0.4) is 0 Å². The van der Waals surface area contributed by atoms with Gasteiger partial charge in [0.1, 0.15) is 5.75 Å². The average molecular weight is 234 g/mol. The highest BCUT2D eigenvalue weighted by Crippen LogP contribution is 2.54. The van der Waals surface area contributed by atoms with Gasteiger partial charge < -0.3 is 15.4 Å². The first-order valence-electron chi connectivity index (χ1n) is 6.21. The second-order valence-electron chi connectivity index (χ2n) is 4.89. The molecule has 1 aliphatic carbocycles. The number of benzene rings is 1. The molecule has 3 nitrogen and oxygen atoms in total. The van der Waals surface area contributed by atoms with Crippen molar-refractivity contribution in [3.63, 3.8) is 0 Å². The third kappa shape index (κ3) is 2.45. The molecule has 0 spiro atoms.